The fourth-order valence-corrected chi connectivity index (χ4v) is 2.23. The Balaban J connectivity index is 2.27. The summed E-state index contributed by atoms with van der Waals surface area (Å²) in [7, 11) is 0. The number of fused-ring (bicyclic) bond motifs is 2. The topological polar surface area (TPSA) is 37.3 Å². The highest BCUT2D eigenvalue weighted by Gasteiger charge is 2.31. The average molecular weight is 152 g/mol. The molecule has 2 bridgehead atoms. The summed E-state index contributed by atoms with van der Waals surface area (Å²) in [6, 6.07) is 0. The van der Waals surface area contributed by atoms with Gasteiger partial charge in [0.2, 0.25) is 0 Å². The van der Waals surface area contributed by atoms with Crippen LogP contribution < -0.4 is 0 Å². The number of aliphatic carboxylic acids is 1. The minimum Gasteiger partial charge on any atom is -0.478 e. The normalized spacial score (nSPS) is 35.1. The highest BCUT2D eigenvalue weighted by Crippen LogP contribution is 2.40. The molecular weight excluding hydrogens is 140 g/mol. The second kappa shape index (κ2) is 2.36. The van der Waals surface area contributed by atoms with E-state index in [1.165, 1.54) is 12.8 Å². The summed E-state index contributed by atoms with van der Waals surface area (Å²) in [4.78, 5) is 10.7. The van der Waals surface area contributed by atoms with Crippen LogP contribution in [0.25, 0.3) is 0 Å². The Kier molecular flexibility index (Phi) is 1.48. The zero-order chi connectivity index (χ0) is 7.84. The lowest BCUT2D eigenvalue weighted by Gasteiger charge is -2.33. The van der Waals surface area contributed by atoms with Crippen molar-refractivity contribution in [2.24, 2.45) is 11.8 Å². The quantitative estimate of drug-likeness (QED) is 0.622. The van der Waals surface area contributed by atoms with E-state index in [0.29, 0.717) is 17.4 Å². The number of carbonyl (C=O) groups is 1. The third-order valence-corrected chi connectivity index (χ3v) is 2.87. The van der Waals surface area contributed by atoms with Crippen LogP contribution >= 0.6 is 0 Å². The Bertz CT molecular complexity index is 210. The third kappa shape index (κ3) is 1.06. The second-order valence-electron chi connectivity index (χ2n) is 3.54. The lowest BCUT2D eigenvalue weighted by atomic mass is 9.71. The van der Waals surface area contributed by atoms with Gasteiger partial charge in [-0.05, 0) is 37.5 Å². The minimum atomic E-state index is -0.695. The highest BCUT2D eigenvalue weighted by atomic mass is 16.4. The molecule has 60 valence electrons. The van der Waals surface area contributed by atoms with Crippen LogP contribution in [0.15, 0.2) is 11.6 Å². The van der Waals surface area contributed by atoms with Crippen molar-refractivity contribution in [2.75, 3.05) is 0 Å². The molecule has 0 amide bonds. The molecule has 1 N–H and O–H groups in total. The van der Waals surface area contributed by atoms with E-state index >= 15 is 0 Å². The van der Waals surface area contributed by atoms with E-state index in [2.05, 4.69) is 0 Å². The molecule has 0 radical (unpaired) electrons. The number of allylic oxidation sites excluding steroid dienone is 1. The molecule has 2 nitrogen and oxygen atoms in total. The second-order valence-corrected chi connectivity index (χ2v) is 3.54. The van der Waals surface area contributed by atoms with Crippen LogP contribution in [-0.2, 0) is 4.79 Å². The summed E-state index contributed by atoms with van der Waals surface area (Å²) in [6.07, 6.45) is 6.59. The van der Waals surface area contributed by atoms with E-state index in [-0.39, 0.29) is 0 Å². The first-order chi connectivity index (χ1) is 5.27. The van der Waals surface area contributed by atoms with Gasteiger partial charge in [0.05, 0.1) is 0 Å². The fourth-order valence-electron chi connectivity index (χ4n) is 2.23. The smallest absolute Gasteiger partial charge is 0.331 e. The Hall–Kier alpha value is -0.790. The molecule has 0 aromatic rings. The zero-order valence-electron chi connectivity index (χ0n) is 6.42. The maximum Gasteiger partial charge on any atom is 0.331 e. The number of carboxylic acids is 1. The lowest BCUT2D eigenvalue weighted by molar-refractivity contribution is -0.133. The summed E-state index contributed by atoms with van der Waals surface area (Å²) in [6.45, 7) is 0. The van der Waals surface area contributed by atoms with Crippen LogP contribution in [0.2, 0.25) is 0 Å². The Labute approximate surface area is 65.9 Å². The van der Waals surface area contributed by atoms with Gasteiger partial charge in [-0.2, -0.15) is 0 Å². The zero-order valence-corrected chi connectivity index (χ0v) is 6.42. The summed E-state index contributed by atoms with van der Waals surface area (Å²) < 4.78 is 0. The summed E-state index contributed by atoms with van der Waals surface area (Å²) in [5, 5.41) is 8.79. The van der Waals surface area contributed by atoms with Crippen molar-refractivity contribution in [1.29, 1.82) is 0 Å². The standard InChI is InChI=1S/C9H12O2/c10-9(11)8-5-6-1-3-7(8)4-2-6/h5-7H,1-4H2,(H,10,11). The van der Waals surface area contributed by atoms with Gasteiger partial charge in [0.15, 0.2) is 0 Å². The fraction of sp³-hybridized carbons (Fsp3) is 0.667. The van der Waals surface area contributed by atoms with E-state index in [9.17, 15) is 4.79 Å². The van der Waals surface area contributed by atoms with E-state index in [1.807, 2.05) is 6.08 Å². The van der Waals surface area contributed by atoms with Gasteiger partial charge in [0.25, 0.3) is 0 Å². The van der Waals surface area contributed by atoms with Gasteiger partial charge < -0.3 is 5.11 Å². The summed E-state index contributed by atoms with van der Waals surface area (Å²) in [5.74, 6) is 0.253. The van der Waals surface area contributed by atoms with Crippen molar-refractivity contribution in [2.45, 2.75) is 25.7 Å². The van der Waals surface area contributed by atoms with E-state index < -0.39 is 5.97 Å². The monoisotopic (exact) mass is 152 g/mol. The average Bonchev–Trinajstić information content (AvgIpc) is 2.06. The van der Waals surface area contributed by atoms with E-state index in [1.54, 1.807) is 0 Å². The largest absolute Gasteiger partial charge is 0.478 e. The first kappa shape index (κ1) is 6.89. The molecule has 2 heteroatoms. The third-order valence-electron chi connectivity index (χ3n) is 2.87. The van der Waals surface area contributed by atoms with Crippen LogP contribution in [0.1, 0.15) is 25.7 Å². The van der Waals surface area contributed by atoms with Crippen molar-refractivity contribution in [3.05, 3.63) is 11.6 Å². The van der Waals surface area contributed by atoms with Gasteiger partial charge in [-0.15, -0.1) is 0 Å². The molecule has 1 fully saturated rings. The van der Waals surface area contributed by atoms with Gasteiger partial charge in [-0.25, -0.2) is 4.79 Å². The van der Waals surface area contributed by atoms with Gasteiger partial charge in [-0.1, -0.05) is 6.08 Å². The SMILES string of the molecule is O=C(O)C1=CC2CCC1CC2. The summed E-state index contributed by atoms with van der Waals surface area (Å²) in [5.41, 5.74) is 0.688. The van der Waals surface area contributed by atoms with E-state index in [0.717, 1.165) is 12.8 Å². The maximum atomic E-state index is 10.7. The molecule has 11 heavy (non-hydrogen) atoms. The molecular formula is C9H12O2. The van der Waals surface area contributed by atoms with Crippen LogP contribution in [0, 0.1) is 11.8 Å². The Morgan fingerprint density at radius 2 is 2.00 bits per heavy atom. The molecule has 3 aliphatic carbocycles. The highest BCUT2D eigenvalue weighted by molar-refractivity contribution is 5.87. The molecule has 0 aromatic heterocycles. The van der Waals surface area contributed by atoms with Crippen LogP contribution in [0.5, 0.6) is 0 Å². The van der Waals surface area contributed by atoms with Crippen LogP contribution in [-0.4, -0.2) is 11.1 Å². The Morgan fingerprint density at radius 1 is 1.36 bits per heavy atom. The predicted octanol–water partition coefficient (Wildman–Crippen LogP) is 1.82. The van der Waals surface area contributed by atoms with E-state index in [4.69, 9.17) is 5.11 Å². The maximum absolute atomic E-state index is 10.7. The number of hydrogen-bond donors (Lipinski definition) is 1. The van der Waals surface area contributed by atoms with Crippen LogP contribution in [0.3, 0.4) is 0 Å². The van der Waals surface area contributed by atoms with Gasteiger partial charge >= 0.3 is 5.97 Å². The van der Waals surface area contributed by atoms with Crippen molar-refractivity contribution in [1.82, 2.24) is 0 Å². The number of rotatable bonds is 1. The van der Waals surface area contributed by atoms with Crippen molar-refractivity contribution in [3.8, 4) is 0 Å². The van der Waals surface area contributed by atoms with Crippen molar-refractivity contribution in [3.63, 3.8) is 0 Å². The van der Waals surface area contributed by atoms with Gasteiger partial charge in [-0.3, -0.25) is 0 Å². The number of hydrogen-bond acceptors (Lipinski definition) is 1. The molecule has 0 aromatic carbocycles. The number of carboxylic acid groups (broad SMARTS) is 1. The predicted molar refractivity (Wildman–Crippen MR) is 41.2 cm³/mol. The van der Waals surface area contributed by atoms with Gasteiger partial charge in [0.1, 0.15) is 0 Å². The molecule has 0 aliphatic heterocycles. The molecule has 3 rings (SSSR count). The first-order valence-electron chi connectivity index (χ1n) is 4.22. The molecule has 1 saturated carbocycles. The van der Waals surface area contributed by atoms with Crippen molar-refractivity contribution >= 4 is 5.97 Å². The molecule has 0 heterocycles. The molecule has 0 saturated heterocycles. The van der Waals surface area contributed by atoms with Crippen molar-refractivity contribution < 1.29 is 9.90 Å². The minimum absolute atomic E-state index is 0.373. The van der Waals surface area contributed by atoms with Gasteiger partial charge in [0, 0.05) is 5.57 Å². The lowest BCUT2D eigenvalue weighted by Crippen LogP contribution is -2.25. The Morgan fingerprint density at radius 3 is 2.27 bits per heavy atom. The molecule has 3 aliphatic rings. The molecule has 0 atom stereocenters. The molecule has 0 unspecified atom stereocenters. The summed E-state index contributed by atoms with van der Waals surface area (Å²) >= 11 is 0. The molecule has 0 spiro atoms. The van der Waals surface area contributed by atoms with Crippen LogP contribution in [0.4, 0.5) is 0 Å². The first-order valence-corrected chi connectivity index (χ1v) is 4.22.